The van der Waals surface area contributed by atoms with Gasteiger partial charge in [-0.1, -0.05) is 42.5 Å². The summed E-state index contributed by atoms with van der Waals surface area (Å²) in [7, 11) is 0. The molecule has 0 bridgehead atoms. The van der Waals surface area contributed by atoms with Crippen LogP contribution in [0.25, 0.3) is 21.6 Å². The summed E-state index contributed by atoms with van der Waals surface area (Å²) >= 11 is 1.73. The van der Waals surface area contributed by atoms with Gasteiger partial charge >= 0.3 is 0 Å². The summed E-state index contributed by atoms with van der Waals surface area (Å²) in [6.07, 6.45) is 6.84. The minimum Gasteiger partial charge on any atom is -0.265 e. The van der Waals surface area contributed by atoms with E-state index >= 15 is 0 Å². The predicted molar refractivity (Wildman–Crippen MR) is 111 cm³/mol. The number of hydrogen-bond donors (Lipinski definition) is 0. The molecule has 0 N–H and O–H groups in total. The van der Waals surface area contributed by atoms with Gasteiger partial charge in [-0.25, -0.2) is 4.39 Å². The van der Waals surface area contributed by atoms with Crippen LogP contribution in [0.2, 0.25) is 0 Å². The molecule has 0 aliphatic carbocycles. The Morgan fingerprint density at radius 2 is 1.52 bits per heavy atom. The van der Waals surface area contributed by atoms with Crippen molar-refractivity contribution < 1.29 is 4.39 Å². The zero-order chi connectivity index (χ0) is 18.5. The van der Waals surface area contributed by atoms with Crippen molar-refractivity contribution >= 4 is 11.3 Å². The molecule has 2 aromatic carbocycles. The standard InChI is InChI=1S/C24H20FNS/c25-22-11-9-20(10-12-22)24-23(19-13-15-26-16-14-19)21(17-27-24)8-4-7-18-5-2-1-3-6-18/h1-3,5-6,9-17H,4,7-8H2. The first-order valence-corrected chi connectivity index (χ1v) is 10.00. The van der Waals surface area contributed by atoms with E-state index in [1.165, 1.54) is 39.3 Å². The summed E-state index contributed by atoms with van der Waals surface area (Å²) in [6.45, 7) is 0. The van der Waals surface area contributed by atoms with Crippen LogP contribution in [0.3, 0.4) is 0 Å². The monoisotopic (exact) mass is 373 g/mol. The quantitative estimate of drug-likeness (QED) is 0.362. The van der Waals surface area contributed by atoms with Gasteiger partial charge in [0.05, 0.1) is 0 Å². The van der Waals surface area contributed by atoms with E-state index in [0.717, 1.165) is 24.8 Å². The van der Waals surface area contributed by atoms with Gasteiger partial charge in [-0.15, -0.1) is 11.3 Å². The lowest BCUT2D eigenvalue weighted by Gasteiger charge is -2.09. The summed E-state index contributed by atoms with van der Waals surface area (Å²) in [5, 5.41) is 2.25. The van der Waals surface area contributed by atoms with Gasteiger partial charge in [-0.3, -0.25) is 4.98 Å². The third-order valence-corrected chi connectivity index (χ3v) is 5.77. The normalized spacial score (nSPS) is 10.9. The summed E-state index contributed by atoms with van der Waals surface area (Å²) in [5.74, 6) is -0.205. The molecule has 0 fully saturated rings. The average molecular weight is 373 g/mol. The van der Waals surface area contributed by atoms with E-state index in [2.05, 4.69) is 52.8 Å². The molecule has 0 radical (unpaired) electrons. The highest BCUT2D eigenvalue weighted by Crippen LogP contribution is 2.40. The Kier molecular flexibility index (Phi) is 5.40. The molecule has 134 valence electrons. The Balaban J connectivity index is 1.64. The lowest BCUT2D eigenvalue weighted by Crippen LogP contribution is -1.92. The van der Waals surface area contributed by atoms with E-state index in [1.807, 2.05) is 24.5 Å². The fourth-order valence-electron chi connectivity index (χ4n) is 3.35. The van der Waals surface area contributed by atoms with E-state index in [-0.39, 0.29) is 5.82 Å². The maximum Gasteiger partial charge on any atom is 0.123 e. The Bertz CT molecular complexity index is 992. The first kappa shape index (κ1) is 17.6. The SMILES string of the molecule is Fc1ccc(-c2scc(CCCc3ccccc3)c2-c2ccncc2)cc1. The number of aryl methyl sites for hydroxylation is 2. The van der Waals surface area contributed by atoms with Crippen molar-refractivity contribution in [3.05, 3.63) is 101 Å². The molecule has 1 nitrogen and oxygen atoms in total. The number of pyridine rings is 1. The topological polar surface area (TPSA) is 12.9 Å². The lowest BCUT2D eigenvalue weighted by atomic mass is 9.96. The number of hydrogen-bond acceptors (Lipinski definition) is 2. The molecule has 4 rings (SSSR count). The zero-order valence-corrected chi connectivity index (χ0v) is 15.8. The minimum atomic E-state index is -0.205. The Hall–Kier alpha value is -2.78. The van der Waals surface area contributed by atoms with Crippen LogP contribution >= 0.6 is 11.3 Å². The first-order valence-electron chi connectivity index (χ1n) is 9.12. The van der Waals surface area contributed by atoms with Crippen molar-refractivity contribution in [3.63, 3.8) is 0 Å². The van der Waals surface area contributed by atoms with Crippen LogP contribution in [0.1, 0.15) is 17.5 Å². The van der Waals surface area contributed by atoms with Crippen molar-refractivity contribution in [1.82, 2.24) is 4.98 Å². The summed E-state index contributed by atoms with van der Waals surface area (Å²) in [4.78, 5) is 5.35. The third-order valence-electron chi connectivity index (χ3n) is 4.70. The molecule has 0 saturated carbocycles. The highest BCUT2D eigenvalue weighted by atomic mass is 32.1. The molecular formula is C24H20FNS. The van der Waals surface area contributed by atoms with Gasteiger partial charge in [0.15, 0.2) is 0 Å². The van der Waals surface area contributed by atoms with Crippen molar-refractivity contribution in [2.75, 3.05) is 0 Å². The van der Waals surface area contributed by atoms with Crippen LogP contribution in [-0.2, 0) is 12.8 Å². The highest BCUT2D eigenvalue weighted by molar-refractivity contribution is 7.14. The second-order valence-electron chi connectivity index (χ2n) is 6.55. The number of nitrogens with zero attached hydrogens (tertiary/aromatic N) is 1. The third kappa shape index (κ3) is 4.15. The van der Waals surface area contributed by atoms with E-state index in [4.69, 9.17) is 0 Å². The fourth-order valence-corrected chi connectivity index (χ4v) is 4.49. The second kappa shape index (κ2) is 8.28. The second-order valence-corrected chi connectivity index (χ2v) is 7.43. The molecule has 3 heteroatoms. The smallest absolute Gasteiger partial charge is 0.123 e. The Morgan fingerprint density at radius 1 is 0.778 bits per heavy atom. The minimum absolute atomic E-state index is 0.205. The van der Waals surface area contributed by atoms with Crippen LogP contribution in [0.5, 0.6) is 0 Å². The molecular weight excluding hydrogens is 353 g/mol. The lowest BCUT2D eigenvalue weighted by molar-refractivity contribution is 0.628. The molecule has 0 aliphatic rings. The van der Waals surface area contributed by atoms with Crippen LogP contribution in [0.4, 0.5) is 4.39 Å². The molecule has 2 aromatic heterocycles. The predicted octanol–water partition coefficient (Wildman–Crippen LogP) is 6.79. The van der Waals surface area contributed by atoms with Crippen molar-refractivity contribution in [2.45, 2.75) is 19.3 Å². The van der Waals surface area contributed by atoms with Crippen molar-refractivity contribution in [1.29, 1.82) is 0 Å². The number of thiophene rings is 1. The van der Waals surface area contributed by atoms with E-state index in [1.54, 1.807) is 11.3 Å². The van der Waals surface area contributed by atoms with Crippen LogP contribution in [0.15, 0.2) is 84.5 Å². The molecule has 4 aromatic rings. The van der Waals surface area contributed by atoms with Crippen molar-refractivity contribution in [2.24, 2.45) is 0 Å². The summed E-state index contributed by atoms with van der Waals surface area (Å²) < 4.78 is 13.4. The maximum absolute atomic E-state index is 13.4. The van der Waals surface area contributed by atoms with Gasteiger partial charge in [0.1, 0.15) is 5.82 Å². The van der Waals surface area contributed by atoms with Gasteiger partial charge in [0.25, 0.3) is 0 Å². The van der Waals surface area contributed by atoms with E-state index < -0.39 is 0 Å². The molecule has 27 heavy (non-hydrogen) atoms. The maximum atomic E-state index is 13.4. The first-order chi connectivity index (χ1) is 13.3. The molecule has 0 spiro atoms. The number of rotatable bonds is 6. The van der Waals surface area contributed by atoms with Gasteiger partial charge in [0.2, 0.25) is 0 Å². The van der Waals surface area contributed by atoms with Crippen LogP contribution in [0, 0.1) is 5.82 Å². The van der Waals surface area contributed by atoms with Crippen LogP contribution < -0.4 is 0 Å². The average Bonchev–Trinajstić information content (AvgIpc) is 3.14. The van der Waals surface area contributed by atoms with E-state index in [9.17, 15) is 4.39 Å². The molecule has 0 amide bonds. The van der Waals surface area contributed by atoms with Crippen molar-refractivity contribution in [3.8, 4) is 21.6 Å². The van der Waals surface area contributed by atoms with E-state index in [0.29, 0.717) is 0 Å². The molecule has 0 atom stereocenters. The van der Waals surface area contributed by atoms with Gasteiger partial charge in [-0.05, 0) is 71.2 Å². The van der Waals surface area contributed by atoms with Gasteiger partial charge in [-0.2, -0.15) is 0 Å². The Morgan fingerprint density at radius 3 is 2.26 bits per heavy atom. The van der Waals surface area contributed by atoms with Gasteiger partial charge in [0, 0.05) is 22.8 Å². The summed E-state index contributed by atoms with van der Waals surface area (Å²) in [5.41, 5.74) is 6.20. The number of aromatic nitrogens is 1. The number of halogens is 1. The van der Waals surface area contributed by atoms with Gasteiger partial charge < -0.3 is 0 Å². The fraction of sp³-hybridized carbons (Fsp3) is 0.125. The zero-order valence-electron chi connectivity index (χ0n) is 14.9. The molecule has 0 unspecified atom stereocenters. The van der Waals surface area contributed by atoms with Crippen LogP contribution in [-0.4, -0.2) is 4.98 Å². The summed E-state index contributed by atoms with van der Waals surface area (Å²) in [6, 6.07) is 21.5. The molecule has 2 heterocycles. The highest BCUT2D eigenvalue weighted by Gasteiger charge is 2.15. The number of benzene rings is 2. The largest absolute Gasteiger partial charge is 0.265 e. The Labute approximate surface area is 163 Å². The molecule has 0 aliphatic heterocycles. The molecule has 0 saturated heterocycles.